The maximum Gasteiger partial charge on any atom is 0.143 e. The van der Waals surface area contributed by atoms with E-state index in [9.17, 15) is 0 Å². The Morgan fingerprint density at radius 2 is 2.08 bits per heavy atom. The summed E-state index contributed by atoms with van der Waals surface area (Å²) in [6.45, 7) is 1.66. The van der Waals surface area contributed by atoms with E-state index in [0.717, 1.165) is 10.0 Å². The van der Waals surface area contributed by atoms with Crippen LogP contribution in [0.15, 0.2) is 0 Å². The van der Waals surface area contributed by atoms with Crippen molar-refractivity contribution < 1.29 is 9.47 Å². The van der Waals surface area contributed by atoms with Crippen LogP contribution in [0.1, 0.15) is 10.0 Å². The van der Waals surface area contributed by atoms with Crippen LogP contribution in [-0.4, -0.2) is 30.5 Å². The molecule has 0 bridgehead atoms. The normalized spacial score (nSPS) is 10.6. The van der Waals surface area contributed by atoms with Crippen LogP contribution < -0.4 is 0 Å². The molecule has 0 atom stereocenters. The summed E-state index contributed by atoms with van der Waals surface area (Å²) in [5.41, 5.74) is 0. The molecule has 0 N–H and O–H groups in total. The number of rotatable bonds is 6. The van der Waals surface area contributed by atoms with E-state index >= 15 is 0 Å². The van der Waals surface area contributed by atoms with Gasteiger partial charge < -0.3 is 9.47 Å². The first kappa shape index (κ1) is 10.8. The number of methoxy groups -OCH3 is 1. The SMILES string of the molecule is COCCOCc1nnc(CCl)s1. The predicted molar refractivity (Wildman–Crippen MR) is 51.0 cm³/mol. The first-order chi connectivity index (χ1) is 6.36. The summed E-state index contributed by atoms with van der Waals surface area (Å²) < 4.78 is 10.1. The van der Waals surface area contributed by atoms with E-state index in [-0.39, 0.29) is 0 Å². The minimum atomic E-state index is 0.412. The standard InChI is InChI=1S/C7H11ClN2O2S/c1-11-2-3-12-5-7-10-9-6(4-8)13-7/h2-5H2,1H3. The second kappa shape index (κ2) is 6.26. The lowest BCUT2D eigenvalue weighted by atomic mass is 10.7. The largest absolute Gasteiger partial charge is 0.382 e. The van der Waals surface area contributed by atoms with Crippen LogP contribution in [0.25, 0.3) is 0 Å². The van der Waals surface area contributed by atoms with Gasteiger partial charge in [0.15, 0.2) is 0 Å². The fraction of sp³-hybridized carbons (Fsp3) is 0.714. The Bertz CT molecular complexity index is 244. The molecule has 0 radical (unpaired) electrons. The highest BCUT2D eigenvalue weighted by molar-refractivity contribution is 7.11. The lowest BCUT2D eigenvalue weighted by Crippen LogP contribution is -2.01. The van der Waals surface area contributed by atoms with Gasteiger partial charge in [-0.2, -0.15) is 0 Å². The molecular formula is C7H11ClN2O2S. The smallest absolute Gasteiger partial charge is 0.143 e. The van der Waals surface area contributed by atoms with E-state index in [1.54, 1.807) is 7.11 Å². The molecule has 0 fully saturated rings. The van der Waals surface area contributed by atoms with Gasteiger partial charge in [-0.3, -0.25) is 0 Å². The molecule has 0 spiro atoms. The van der Waals surface area contributed by atoms with Crippen LogP contribution in [0.4, 0.5) is 0 Å². The highest BCUT2D eigenvalue weighted by atomic mass is 35.5. The Balaban J connectivity index is 2.20. The summed E-state index contributed by atoms with van der Waals surface area (Å²) >= 11 is 7.04. The maximum atomic E-state index is 5.57. The molecule has 0 aromatic carbocycles. The van der Waals surface area contributed by atoms with Gasteiger partial charge in [0.25, 0.3) is 0 Å². The van der Waals surface area contributed by atoms with Gasteiger partial charge in [0.1, 0.15) is 16.6 Å². The van der Waals surface area contributed by atoms with Crippen LogP contribution in [0, 0.1) is 0 Å². The van der Waals surface area contributed by atoms with Crippen LogP contribution in [0.2, 0.25) is 0 Å². The van der Waals surface area contributed by atoms with Gasteiger partial charge in [0.05, 0.1) is 19.1 Å². The summed E-state index contributed by atoms with van der Waals surface area (Å²) in [6, 6.07) is 0. The number of nitrogens with zero attached hydrogens (tertiary/aromatic N) is 2. The molecule has 1 aromatic heterocycles. The van der Waals surface area contributed by atoms with E-state index in [0.29, 0.717) is 25.7 Å². The Kier molecular flexibility index (Phi) is 5.22. The molecule has 0 saturated heterocycles. The van der Waals surface area contributed by atoms with E-state index in [1.165, 1.54) is 11.3 Å². The summed E-state index contributed by atoms with van der Waals surface area (Å²) in [4.78, 5) is 0. The monoisotopic (exact) mass is 222 g/mol. The van der Waals surface area contributed by atoms with Crippen molar-refractivity contribution in [1.29, 1.82) is 0 Å². The minimum Gasteiger partial charge on any atom is -0.382 e. The van der Waals surface area contributed by atoms with Gasteiger partial charge in [-0.25, -0.2) is 0 Å². The zero-order valence-corrected chi connectivity index (χ0v) is 8.90. The first-order valence-electron chi connectivity index (χ1n) is 3.80. The van der Waals surface area contributed by atoms with E-state index in [4.69, 9.17) is 21.1 Å². The van der Waals surface area contributed by atoms with E-state index in [2.05, 4.69) is 10.2 Å². The number of hydrogen-bond donors (Lipinski definition) is 0. The van der Waals surface area contributed by atoms with Crippen LogP contribution in [0.5, 0.6) is 0 Å². The highest BCUT2D eigenvalue weighted by Gasteiger charge is 2.02. The first-order valence-corrected chi connectivity index (χ1v) is 5.16. The Morgan fingerprint density at radius 3 is 2.69 bits per heavy atom. The fourth-order valence-corrected chi connectivity index (χ4v) is 1.55. The second-order valence-corrected chi connectivity index (χ2v) is 3.68. The Labute approximate surface area is 85.8 Å². The minimum absolute atomic E-state index is 0.412. The quantitative estimate of drug-likeness (QED) is 0.540. The number of halogens is 1. The van der Waals surface area contributed by atoms with Gasteiger partial charge in [0, 0.05) is 7.11 Å². The molecule has 0 amide bonds. The topological polar surface area (TPSA) is 44.2 Å². The zero-order valence-electron chi connectivity index (χ0n) is 7.33. The Morgan fingerprint density at radius 1 is 1.31 bits per heavy atom. The zero-order chi connectivity index (χ0) is 9.52. The van der Waals surface area contributed by atoms with Crippen molar-refractivity contribution in [2.24, 2.45) is 0 Å². The summed E-state index contributed by atoms with van der Waals surface area (Å²) in [5, 5.41) is 9.44. The van der Waals surface area contributed by atoms with Crippen molar-refractivity contribution in [3.05, 3.63) is 10.0 Å². The molecular weight excluding hydrogens is 212 g/mol. The van der Waals surface area contributed by atoms with Gasteiger partial charge in [0.2, 0.25) is 0 Å². The van der Waals surface area contributed by atoms with E-state index in [1.807, 2.05) is 0 Å². The van der Waals surface area contributed by atoms with Crippen molar-refractivity contribution in [3.63, 3.8) is 0 Å². The van der Waals surface area contributed by atoms with Crippen molar-refractivity contribution in [2.75, 3.05) is 20.3 Å². The molecule has 0 aliphatic rings. The van der Waals surface area contributed by atoms with Crippen LogP contribution >= 0.6 is 22.9 Å². The van der Waals surface area contributed by atoms with Gasteiger partial charge in [-0.1, -0.05) is 11.3 Å². The fourth-order valence-electron chi connectivity index (χ4n) is 0.702. The molecule has 1 heterocycles. The van der Waals surface area contributed by atoms with Crippen LogP contribution in [0.3, 0.4) is 0 Å². The third-order valence-corrected chi connectivity index (χ3v) is 2.59. The molecule has 74 valence electrons. The van der Waals surface area contributed by atoms with Gasteiger partial charge >= 0.3 is 0 Å². The Hall–Kier alpha value is -0.230. The molecule has 0 unspecified atom stereocenters. The maximum absolute atomic E-state index is 5.57. The van der Waals surface area contributed by atoms with Crippen molar-refractivity contribution in [2.45, 2.75) is 12.5 Å². The summed E-state index contributed by atoms with van der Waals surface area (Å²) in [7, 11) is 1.64. The number of alkyl halides is 1. The molecule has 6 heteroatoms. The van der Waals surface area contributed by atoms with Crippen molar-refractivity contribution in [1.82, 2.24) is 10.2 Å². The molecule has 4 nitrogen and oxygen atoms in total. The van der Waals surface area contributed by atoms with Gasteiger partial charge in [-0.05, 0) is 0 Å². The average molecular weight is 223 g/mol. The second-order valence-electron chi connectivity index (χ2n) is 2.27. The molecule has 13 heavy (non-hydrogen) atoms. The molecule has 0 aliphatic carbocycles. The molecule has 1 rings (SSSR count). The summed E-state index contributed by atoms with van der Waals surface area (Å²) in [6.07, 6.45) is 0. The summed E-state index contributed by atoms with van der Waals surface area (Å²) in [5.74, 6) is 0.412. The highest BCUT2D eigenvalue weighted by Crippen LogP contribution is 2.12. The lowest BCUT2D eigenvalue weighted by Gasteiger charge is -1.98. The van der Waals surface area contributed by atoms with Crippen LogP contribution in [-0.2, 0) is 22.0 Å². The third-order valence-electron chi connectivity index (χ3n) is 1.28. The predicted octanol–water partition coefficient (Wildman–Crippen LogP) is 1.44. The van der Waals surface area contributed by atoms with E-state index < -0.39 is 0 Å². The molecule has 0 aliphatic heterocycles. The lowest BCUT2D eigenvalue weighted by molar-refractivity contribution is 0.0613. The third kappa shape index (κ3) is 3.99. The molecule has 0 saturated carbocycles. The van der Waals surface area contributed by atoms with Crippen molar-refractivity contribution in [3.8, 4) is 0 Å². The van der Waals surface area contributed by atoms with Crippen molar-refractivity contribution >= 4 is 22.9 Å². The number of aromatic nitrogens is 2. The number of hydrogen-bond acceptors (Lipinski definition) is 5. The molecule has 1 aromatic rings. The average Bonchev–Trinajstić information content (AvgIpc) is 2.60. The number of ether oxygens (including phenoxy) is 2. The van der Waals surface area contributed by atoms with Gasteiger partial charge in [-0.15, -0.1) is 21.8 Å².